The van der Waals surface area contributed by atoms with Crippen molar-refractivity contribution in [2.75, 3.05) is 19.5 Å². The average Bonchev–Trinajstić information content (AvgIpc) is 3.08. The lowest BCUT2D eigenvalue weighted by Gasteiger charge is -2.09. The highest BCUT2D eigenvalue weighted by Crippen LogP contribution is 2.24. The van der Waals surface area contributed by atoms with Crippen LogP contribution in [0, 0.1) is 6.92 Å². The third-order valence-electron chi connectivity index (χ3n) is 3.85. The lowest BCUT2D eigenvalue weighted by Crippen LogP contribution is -2.05. The number of thiazole rings is 1. The number of hydrogen-bond acceptors (Lipinski definition) is 6. The second-order valence-electron chi connectivity index (χ2n) is 6.07. The molecule has 27 heavy (non-hydrogen) atoms. The summed E-state index contributed by atoms with van der Waals surface area (Å²) >= 11 is 1.64. The highest BCUT2D eigenvalue weighted by molar-refractivity contribution is 7.90. The summed E-state index contributed by atoms with van der Waals surface area (Å²) in [6.07, 6.45) is 1.91. The van der Waals surface area contributed by atoms with E-state index in [0.29, 0.717) is 19.0 Å². The van der Waals surface area contributed by atoms with Crippen molar-refractivity contribution in [2.45, 2.75) is 18.2 Å². The molecule has 0 saturated heterocycles. The molecule has 0 aliphatic carbocycles. The molecule has 1 heterocycles. The van der Waals surface area contributed by atoms with Gasteiger partial charge in [0.1, 0.15) is 11.5 Å². The largest absolute Gasteiger partial charge is 0.493 e. The van der Waals surface area contributed by atoms with Crippen molar-refractivity contribution < 1.29 is 17.9 Å². The number of aryl methyl sites for hydroxylation is 1. The lowest BCUT2D eigenvalue weighted by atomic mass is 10.2. The maximum Gasteiger partial charge on any atom is 0.175 e. The zero-order valence-corrected chi connectivity index (χ0v) is 16.8. The van der Waals surface area contributed by atoms with Crippen molar-refractivity contribution in [3.05, 3.63) is 58.9 Å². The Hall–Kier alpha value is -2.38. The Kier molecular flexibility index (Phi) is 6.13. The Morgan fingerprint density at radius 1 is 0.926 bits per heavy atom. The Morgan fingerprint density at radius 3 is 1.96 bits per heavy atom. The van der Waals surface area contributed by atoms with Gasteiger partial charge in [-0.25, -0.2) is 13.4 Å². The van der Waals surface area contributed by atoms with E-state index in [1.54, 1.807) is 35.6 Å². The molecular weight excluding hydrogens is 382 g/mol. The molecule has 0 N–H and O–H groups in total. The SMILES string of the molecule is Cc1nc(-c2ccc(OCCCOc3ccc(S(C)(=O)=O)cc3)cc2)cs1. The maximum atomic E-state index is 11.4. The van der Waals surface area contributed by atoms with Gasteiger partial charge in [0.15, 0.2) is 9.84 Å². The third kappa shape index (κ3) is 5.55. The van der Waals surface area contributed by atoms with Crippen LogP contribution < -0.4 is 9.47 Å². The minimum atomic E-state index is -3.18. The standard InChI is InChI=1S/C20H21NO4S2/c1-15-21-20(14-26-15)16-4-6-17(7-5-16)24-12-3-13-25-18-8-10-19(11-9-18)27(2,22)23/h4-11,14H,3,12-13H2,1-2H3. The Bertz CT molecular complexity index is 978. The zero-order valence-electron chi connectivity index (χ0n) is 15.2. The van der Waals surface area contributed by atoms with Crippen LogP contribution in [0.5, 0.6) is 11.5 Å². The molecule has 0 unspecified atom stereocenters. The van der Waals surface area contributed by atoms with Gasteiger partial charge in [0, 0.05) is 23.6 Å². The second-order valence-corrected chi connectivity index (χ2v) is 9.15. The molecule has 2 aromatic carbocycles. The summed E-state index contributed by atoms with van der Waals surface area (Å²) in [6.45, 7) is 3.03. The van der Waals surface area contributed by atoms with Gasteiger partial charge in [0.2, 0.25) is 0 Å². The van der Waals surface area contributed by atoms with E-state index in [-0.39, 0.29) is 4.90 Å². The first-order valence-electron chi connectivity index (χ1n) is 8.50. The van der Waals surface area contributed by atoms with E-state index >= 15 is 0 Å². The van der Waals surface area contributed by atoms with Gasteiger partial charge in [-0.05, 0) is 55.5 Å². The van der Waals surface area contributed by atoms with Crippen LogP contribution in [-0.4, -0.2) is 32.9 Å². The summed E-state index contributed by atoms with van der Waals surface area (Å²) in [5.41, 5.74) is 2.06. The van der Waals surface area contributed by atoms with E-state index < -0.39 is 9.84 Å². The molecule has 0 bridgehead atoms. The van der Waals surface area contributed by atoms with Crippen molar-refractivity contribution in [1.29, 1.82) is 0 Å². The molecule has 1 aromatic heterocycles. The number of rotatable bonds is 8. The van der Waals surface area contributed by atoms with E-state index in [1.807, 2.05) is 36.6 Å². The average molecular weight is 404 g/mol. The first kappa shape index (κ1) is 19.4. The van der Waals surface area contributed by atoms with Crippen LogP contribution in [0.3, 0.4) is 0 Å². The van der Waals surface area contributed by atoms with Gasteiger partial charge >= 0.3 is 0 Å². The third-order valence-corrected chi connectivity index (χ3v) is 5.75. The van der Waals surface area contributed by atoms with Crippen molar-refractivity contribution in [1.82, 2.24) is 4.98 Å². The quantitative estimate of drug-likeness (QED) is 0.523. The lowest BCUT2D eigenvalue weighted by molar-refractivity contribution is 0.247. The summed E-state index contributed by atoms with van der Waals surface area (Å²) in [5.74, 6) is 1.45. The minimum Gasteiger partial charge on any atom is -0.493 e. The van der Waals surface area contributed by atoms with Gasteiger partial charge in [0.05, 0.1) is 28.8 Å². The van der Waals surface area contributed by atoms with Crippen molar-refractivity contribution in [2.24, 2.45) is 0 Å². The molecule has 7 heteroatoms. The van der Waals surface area contributed by atoms with E-state index in [4.69, 9.17) is 9.47 Å². The Morgan fingerprint density at radius 2 is 1.48 bits per heavy atom. The maximum absolute atomic E-state index is 11.4. The predicted molar refractivity (Wildman–Crippen MR) is 107 cm³/mol. The molecule has 0 fully saturated rings. The van der Waals surface area contributed by atoms with Crippen LogP contribution in [0.2, 0.25) is 0 Å². The summed E-state index contributed by atoms with van der Waals surface area (Å²) in [5, 5.41) is 3.10. The second kappa shape index (κ2) is 8.54. The fourth-order valence-electron chi connectivity index (χ4n) is 2.44. The molecule has 0 spiro atoms. The molecule has 0 amide bonds. The van der Waals surface area contributed by atoms with Gasteiger partial charge in [-0.2, -0.15) is 0 Å². The Balaban J connectivity index is 1.41. The van der Waals surface area contributed by atoms with Gasteiger partial charge in [-0.3, -0.25) is 0 Å². The molecule has 0 aliphatic rings. The fourth-order valence-corrected chi connectivity index (χ4v) is 3.69. The van der Waals surface area contributed by atoms with E-state index in [0.717, 1.165) is 28.4 Å². The van der Waals surface area contributed by atoms with E-state index in [1.165, 1.54) is 6.26 Å². The topological polar surface area (TPSA) is 65.5 Å². The number of aromatic nitrogens is 1. The zero-order chi connectivity index (χ0) is 19.3. The molecule has 3 aromatic rings. The minimum absolute atomic E-state index is 0.287. The highest BCUT2D eigenvalue weighted by Gasteiger charge is 2.06. The van der Waals surface area contributed by atoms with Crippen LogP contribution in [0.15, 0.2) is 58.8 Å². The van der Waals surface area contributed by atoms with Crippen LogP contribution in [0.1, 0.15) is 11.4 Å². The smallest absolute Gasteiger partial charge is 0.175 e. The number of benzene rings is 2. The van der Waals surface area contributed by atoms with Gasteiger partial charge in [-0.1, -0.05) is 0 Å². The summed E-state index contributed by atoms with van der Waals surface area (Å²) in [6, 6.07) is 14.3. The van der Waals surface area contributed by atoms with Gasteiger partial charge < -0.3 is 9.47 Å². The van der Waals surface area contributed by atoms with Crippen LogP contribution in [0.4, 0.5) is 0 Å². The summed E-state index contributed by atoms with van der Waals surface area (Å²) < 4.78 is 34.2. The number of ether oxygens (including phenoxy) is 2. The molecule has 0 atom stereocenters. The van der Waals surface area contributed by atoms with E-state index in [9.17, 15) is 8.42 Å². The van der Waals surface area contributed by atoms with Crippen molar-refractivity contribution in [3.8, 4) is 22.8 Å². The number of nitrogens with zero attached hydrogens (tertiary/aromatic N) is 1. The monoisotopic (exact) mass is 403 g/mol. The normalized spacial score (nSPS) is 11.3. The molecular formula is C20H21NO4S2. The molecule has 0 aliphatic heterocycles. The Labute approximate surface area is 163 Å². The first-order valence-corrected chi connectivity index (χ1v) is 11.3. The van der Waals surface area contributed by atoms with E-state index in [2.05, 4.69) is 4.98 Å². The number of sulfone groups is 1. The summed E-state index contributed by atoms with van der Waals surface area (Å²) in [4.78, 5) is 4.76. The molecule has 0 saturated carbocycles. The number of hydrogen-bond donors (Lipinski definition) is 0. The summed E-state index contributed by atoms with van der Waals surface area (Å²) in [7, 11) is -3.18. The van der Waals surface area contributed by atoms with Crippen molar-refractivity contribution in [3.63, 3.8) is 0 Å². The highest BCUT2D eigenvalue weighted by atomic mass is 32.2. The molecule has 5 nitrogen and oxygen atoms in total. The van der Waals surface area contributed by atoms with Crippen LogP contribution in [-0.2, 0) is 9.84 Å². The van der Waals surface area contributed by atoms with Crippen molar-refractivity contribution >= 4 is 21.2 Å². The molecule has 3 rings (SSSR count). The van der Waals surface area contributed by atoms with Gasteiger partial charge in [-0.15, -0.1) is 11.3 Å². The first-order chi connectivity index (χ1) is 12.9. The van der Waals surface area contributed by atoms with Crippen LogP contribution >= 0.6 is 11.3 Å². The molecule has 142 valence electrons. The fraction of sp³-hybridized carbons (Fsp3) is 0.250. The molecule has 0 radical (unpaired) electrons. The van der Waals surface area contributed by atoms with Gasteiger partial charge in [0.25, 0.3) is 0 Å². The van der Waals surface area contributed by atoms with Crippen LogP contribution in [0.25, 0.3) is 11.3 Å². The predicted octanol–water partition coefficient (Wildman–Crippen LogP) is 4.37.